The zero-order valence-electron chi connectivity index (χ0n) is 24.0. The van der Waals surface area contributed by atoms with Gasteiger partial charge in [0, 0.05) is 22.8 Å². The third kappa shape index (κ3) is 4.74. The second-order valence-electron chi connectivity index (χ2n) is 10.8. The predicted molar refractivity (Wildman–Crippen MR) is 188 cm³/mol. The summed E-state index contributed by atoms with van der Waals surface area (Å²) < 4.78 is 2.42. The number of nitrogens with zero attached hydrogens (tertiary/aromatic N) is 2. The number of hydrogen-bond donors (Lipinski definition) is 0. The smallest absolute Gasteiger partial charge is 0.0889 e. The molecule has 0 aliphatic carbocycles. The highest BCUT2D eigenvalue weighted by molar-refractivity contribution is 7.26. The van der Waals surface area contributed by atoms with Gasteiger partial charge in [-0.15, -0.1) is 11.3 Å². The molecule has 3 heteroatoms. The molecule has 0 fully saturated rings. The molecule has 2 nitrogen and oxygen atoms in total. The van der Waals surface area contributed by atoms with Crippen LogP contribution in [0.4, 0.5) is 17.1 Å². The summed E-state index contributed by atoms with van der Waals surface area (Å²) in [6, 6.07) is 58.4. The summed E-state index contributed by atoms with van der Waals surface area (Å²) in [5, 5.41) is 1.18. The first kappa shape index (κ1) is 26.1. The number of fused-ring (bicyclic) bond motifs is 3. The fourth-order valence-corrected chi connectivity index (χ4v) is 7.17. The van der Waals surface area contributed by atoms with E-state index in [4.69, 9.17) is 4.98 Å². The van der Waals surface area contributed by atoms with Crippen LogP contribution in [-0.4, -0.2) is 4.98 Å². The van der Waals surface area contributed by atoms with Crippen molar-refractivity contribution >= 4 is 48.7 Å². The molecule has 0 amide bonds. The molecule has 0 atom stereocenters. The van der Waals surface area contributed by atoms with Gasteiger partial charge >= 0.3 is 0 Å². The van der Waals surface area contributed by atoms with E-state index < -0.39 is 0 Å². The van der Waals surface area contributed by atoms with Gasteiger partial charge in [0.15, 0.2) is 0 Å². The monoisotopic (exact) mass is 580 g/mol. The molecule has 2 aromatic heterocycles. The van der Waals surface area contributed by atoms with E-state index in [-0.39, 0.29) is 0 Å². The van der Waals surface area contributed by atoms with Crippen LogP contribution >= 0.6 is 11.3 Å². The first-order valence-electron chi connectivity index (χ1n) is 14.8. The van der Waals surface area contributed by atoms with E-state index in [0.29, 0.717) is 0 Å². The zero-order valence-corrected chi connectivity index (χ0v) is 24.8. The quantitative estimate of drug-likeness (QED) is 0.194. The lowest BCUT2D eigenvalue weighted by Crippen LogP contribution is -2.11. The van der Waals surface area contributed by atoms with Gasteiger partial charge in [-0.1, -0.05) is 127 Å². The van der Waals surface area contributed by atoms with Crippen molar-refractivity contribution < 1.29 is 0 Å². The molecule has 0 saturated heterocycles. The Balaban J connectivity index is 1.27. The van der Waals surface area contributed by atoms with Crippen molar-refractivity contribution in [1.82, 2.24) is 4.98 Å². The van der Waals surface area contributed by atoms with E-state index >= 15 is 0 Å². The van der Waals surface area contributed by atoms with Crippen LogP contribution < -0.4 is 4.90 Å². The molecule has 208 valence electrons. The average Bonchev–Trinajstić information content (AvgIpc) is 3.49. The van der Waals surface area contributed by atoms with Crippen molar-refractivity contribution in [1.29, 1.82) is 0 Å². The van der Waals surface area contributed by atoms with Crippen molar-refractivity contribution in [2.75, 3.05) is 4.90 Å². The summed E-state index contributed by atoms with van der Waals surface area (Å²) in [5.74, 6) is 0. The van der Waals surface area contributed by atoms with Gasteiger partial charge in [-0.05, 0) is 64.2 Å². The molecular formula is C41H28N2S. The predicted octanol–water partition coefficient (Wildman–Crippen LogP) is 11.9. The molecule has 8 rings (SSSR count). The van der Waals surface area contributed by atoms with E-state index in [0.717, 1.165) is 22.6 Å². The molecular weight excluding hydrogens is 553 g/mol. The Bertz CT molecular complexity index is 2200. The Hall–Kier alpha value is -5.51. The first-order chi connectivity index (χ1) is 21.8. The number of para-hydroxylation sites is 1. The largest absolute Gasteiger partial charge is 0.308 e. The Morgan fingerprint density at radius 3 is 1.70 bits per heavy atom. The second-order valence-corrected chi connectivity index (χ2v) is 11.9. The highest BCUT2D eigenvalue weighted by Crippen LogP contribution is 2.46. The van der Waals surface area contributed by atoms with Gasteiger partial charge in [0.1, 0.15) is 0 Å². The van der Waals surface area contributed by atoms with Crippen LogP contribution in [-0.2, 0) is 0 Å². The lowest BCUT2D eigenvalue weighted by atomic mass is 9.99. The maximum absolute atomic E-state index is 4.74. The van der Waals surface area contributed by atoms with Gasteiger partial charge in [0.25, 0.3) is 0 Å². The second kappa shape index (κ2) is 11.3. The van der Waals surface area contributed by atoms with E-state index in [1.807, 2.05) is 12.3 Å². The summed E-state index contributed by atoms with van der Waals surface area (Å²) in [6.45, 7) is 0. The summed E-state index contributed by atoms with van der Waals surface area (Å²) in [7, 11) is 0. The van der Waals surface area contributed by atoms with Crippen molar-refractivity contribution in [3.05, 3.63) is 170 Å². The van der Waals surface area contributed by atoms with Crippen LogP contribution in [0.2, 0.25) is 0 Å². The molecule has 0 N–H and O–H groups in total. The number of anilines is 3. The number of aromatic nitrogens is 1. The molecule has 0 saturated carbocycles. The van der Waals surface area contributed by atoms with Gasteiger partial charge in [0.05, 0.1) is 26.3 Å². The highest BCUT2D eigenvalue weighted by atomic mass is 32.1. The van der Waals surface area contributed by atoms with Crippen molar-refractivity contribution in [2.45, 2.75) is 0 Å². The van der Waals surface area contributed by atoms with Gasteiger partial charge < -0.3 is 4.90 Å². The Morgan fingerprint density at radius 2 is 1.00 bits per heavy atom. The molecule has 8 aromatic rings. The normalized spacial score (nSPS) is 11.2. The summed E-state index contributed by atoms with van der Waals surface area (Å²) in [5.41, 5.74) is 11.7. The Kier molecular flexibility index (Phi) is 6.71. The summed E-state index contributed by atoms with van der Waals surface area (Å²) in [6.07, 6.45) is 1.88. The van der Waals surface area contributed by atoms with Gasteiger partial charge in [-0.2, -0.15) is 0 Å². The molecule has 6 aromatic carbocycles. The molecule has 2 heterocycles. The molecule has 0 radical (unpaired) electrons. The van der Waals surface area contributed by atoms with E-state index in [1.54, 1.807) is 11.3 Å². The van der Waals surface area contributed by atoms with Crippen LogP contribution in [0.3, 0.4) is 0 Å². The molecule has 0 aliphatic rings. The van der Waals surface area contributed by atoms with E-state index in [1.165, 1.54) is 48.2 Å². The maximum Gasteiger partial charge on any atom is 0.0889 e. The average molecular weight is 581 g/mol. The summed E-state index contributed by atoms with van der Waals surface area (Å²) >= 11 is 1.80. The number of thiophene rings is 1. The van der Waals surface area contributed by atoms with Crippen LogP contribution in [0.5, 0.6) is 0 Å². The Labute approximate surface area is 261 Å². The first-order valence-corrected chi connectivity index (χ1v) is 15.6. The van der Waals surface area contributed by atoms with Crippen molar-refractivity contribution in [2.24, 2.45) is 0 Å². The minimum atomic E-state index is 1.06. The van der Waals surface area contributed by atoms with E-state index in [9.17, 15) is 0 Å². The lowest BCUT2D eigenvalue weighted by Gasteiger charge is -2.28. The number of pyridine rings is 1. The SMILES string of the molecule is c1ccc(-c2ccc(-c3ccc(N(c4ccccc4-c4ccccc4)c4cccc5c4sc4cccnc45)cc3)cc2)cc1. The highest BCUT2D eigenvalue weighted by Gasteiger charge is 2.21. The van der Waals surface area contributed by atoms with Crippen LogP contribution in [0.1, 0.15) is 0 Å². The van der Waals surface area contributed by atoms with Crippen molar-refractivity contribution in [3.8, 4) is 33.4 Å². The number of benzene rings is 6. The van der Waals surface area contributed by atoms with Gasteiger partial charge in [-0.25, -0.2) is 0 Å². The fourth-order valence-electron chi connectivity index (χ4n) is 6.01. The number of rotatable bonds is 6. The minimum Gasteiger partial charge on any atom is -0.308 e. The molecule has 0 spiro atoms. The minimum absolute atomic E-state index is 1.06. The third-order valence-corrected chi connectivity index (χ3v) is 9.34. The topological polar surface area (TPSA) is 16.1 Å². The number of hydrogen-bond acceptors (Lipinski definition) is 3. The zero-order chi connectivity index (χ0) is 29.3. The van der Waals surface area contributed by atoms with Crippen molar-refractivity contribution in [3.63, 3.8) is 0 Å². The fraction of sp³-hybridized carbons (Fsp3) is 0. The van der Waals surface area contributed by atoms with Crippen LogP contribution in [0, 0.1) is 0 Å². The van der Waals surface area contributed by atoms with E-state index in [2.05, 4.69) is 163 Å². The molecule has 0 aliphatic heterocycles. The standard InChI is InChI=1S/C41H28N2S/c1-3-11-29(12-4-1)30-20-22-31(23-21-30)32-24-26-34(27-25-32)43(37-17-8-7-15-35(37)33-13-5-2-6-14-33)38-18-9-16-36-40-39(44-41(36)38)19-10-28-42-40/h1-28H. The summed E-state index contributed by atoms with van der Waals surface area (Å²) in [4.78, 5) is 7.15. The maximum atomic E-state index is 4.74. The Morgan fingerprint density at radius 1 is 0.432 bits per heavy atom. The third-order valence-electron chi connectivity index (χ3n) is 8.15. The molecule has 0 unspecified atom stereocenters. The van der Waals surface area contributed by atoms with Gasteiger partial charge in [-0.3, -0.25) is 4.98 Å². The van der Waals surface area contributed by atoms with Crippen LogP contribution in [0.15, 0.2) is 170 Å². The van der Waals surface area contributed by atoms with Gasteiger partial charge in [0.2, 0.25) is 0 Å². The van der Waals surface area contributed by atoms with Crippen LogP contribution in [0.25, 0.3) is 53.7 Å². The molecule has 44 heavy (non-hydrogen) atoms. The lowest BCUT2D eigenvalue weighted by molar-refractivity contribution is 1.30. The molecule has 0 bridgehead atoms.